The zero-order valence-corrected chi connectivity index (χ0v) is 15.5. The van der Waals surface area contributed by atoms with Crippen molar-refractivity contribution in [2.24, 2.45) is 0 Å². The molecule has 1 aromatic rings. The minimum absolute atomic E-state index is 0.0455. The van der Waals surface area contributed by atoms with Crippen molar-refractivity contribution in [3.8, 4) is 5.75 Å². The molecular formula is C19H28N2O5. The van der Waals surface area contributed by atoms with E-state index in [1.807, 2.05) is 12.1 Å². The van der Waals surface area contributed by atoms with E-state index in [0.717, 1.165) is 18.7 Å². The van der Waals surface area contributed by atoms with E-state index < -0.39 is 5.60 Å². The van der Waals surface area contributed by atoms with E-state index in [1.54, 1.807) is 26.2 Å². The molecule has 144 valence electrons. The van der Waals surface area contributed by atoms with Gasteiger partial charge in [-0.1, -0.05) is 12.1 Å². The van der Waals surface area contributed by atoms with E-state index in [9.17, 15) is 9.59 Å². The molecule has 2 rings (SSSR count). The second-order valence-electron chi connectivity index (χ2n) is 6.19. The average molecular weight is 364 g/mol. The summed E-state index contributed by atoms with van der Waals surface area (Å²) in [5, 5.41) is 6.22. The molecule has 1 aliphatic heterocycles. The fourth-order valence-corrected chi connectivity index (χ4v) is 2.93. The minimum atomic E-state index is -0.712. The van der Waals surface area contributed by atoms with Gasteiger partial charge in [0.25, 0.3) is 5.91 Å². The van der Waals surface area contributed by atoms with Crippen LogP contribution in [0, 0.1) is 0 Å². The van der Waals surface area contributed by atoms with Crippen LogP contribution in [0.1, 0.15) is 25.3 Å². The van der Waals surface area contributed by atoms with Crippen molar-refractivity contribution in [3.63, 3.8) is 0 Å². The Morgan fingerprint density at radius 1 is 1.19 bits per heavy atom. The van der Waals surface area contributed by atoms with Gasteiger partial charge < -0.3 is 24.8 Å². The van der Waals surface area contributed by atoms with Gasteiger partial charge >= 0.3 is 5.97 Å². The molecule has 1 fully saturated rings. The maximum atomic E-state index is 12.5. The minimum Gasteiger partial charge on any atom is -0.482 e. The summed E-state index contributed by atoms with van der Waals surface area (Å²) in [5.41, 5.74) is 0.362. The van der Waals surface area contributed by atoms with Gasteiger partial charge in [0.2, 0.25) is 0 Å². The zero-order valence-electron chi connectivity index (χ0n) is 15.5. The molecule has 0 saturated carbocycles. The van der Waals surface area contributed by atoms with Crippen molar-refractivity contribution in [2.75, 3.05) is 40.0 Å². The number of rotatable bonds is 9. The Hall–Kier alpha value is -2.12. The molecule has 0 aliphatic carbocycles. The molecule has 7 nitrogen and oxygen atoms in total. The molecule has 0 spiro atoms. The summed E-state index contributed by atoms with van der Waals surface area (Å²) >= 11 is 0. The van der Waals surface area contributed by atoms with Crippen molar-refractivity contribution < 1.29 is 23.8 Å². The van der Waals surface area contributed by atoms with Gasteiger partial charge in [0.15, 0.2) is 6.61 Å². The quantitative estimate of drug-likeness (QED) is 0.637. The topological polar surface area (TPSA) is 85.9 Å². The average Bonchev–Trinajstić information content (AvgIpc) is 2.68. The summed E-state index contributed by atoms with van der Waals surface area (Å²) in [6.45, 7) is 4.11. The third-order valence-corrected chi connectivity index (χ3v) is 4.50. The van der Waals surface area contributed by atoms with Crippen LogP contribution in [0.15, 0.2) is 24.3 Å². The Labute approximate surface area is 154 Å². The van der Waals surface area contributed by atoms with Crippen molar-refractivity contribution >= 4 is 11.9 Å². The summed E-state index contributed by atoms with van der Waals surface area (Å²) in [6, 6.07) is 7.45. The first kappa shape index (κ1) is 20.2. The first-order valence-corrected chi connectivity index (χ1v) is 9.01. The molecule has 0 atom stereocenters. The monoisotopic (exact) mass is 364 g/mol. The van der Waals surface area contributed by atoms with E-state index in [2.05, 4.69) is 10.6 Å². The smallest absolute Gasteiger partial charge is 0.344 e. The lowest BCUT2D eigenvalue weighted by molar-refractivity contribution is -0.146. The van der Waals surface area contributed by atoms with E-state index in [0.29, 0.717) is 38.2 Å². The number of amides is 1. The molecule has 1 aromatic carbocycles. The highest BCUT2D eigenvalue weighted by Crippen LogP contribution is 2.22. The Balaban J connectivity index is 1.75. The lowest BCUT2D eigenvalue weighted by atomic mass is 9.91. The lowest BCUT2D eigenvalue weighted by Crippen LogP contribution is -2.54. The van der Waals surface area contributed by atoms with E-state index >= 15 is 0 Å². The molecule has 0 unspecified atom stereocenters. The van der Waals surface area contributed by atoms with Gasteiger partial charge in [-0.25, -0.2) is 4.79 Å². The summed E-state index contributed by atoms with van der Waals surface area (Å²) in [7, 11) is 1.60. The van der Waals surface area contributed by atoms with Gasteiger partial charge in [-0.15, -0.1) is 0 Å². The molecule has 0 radical (unpaired) electrons. The van der Waals surface area contributed by atoms with Gasteiger partial charge in [0.05, 0.1) is 6.61 Å². The van der Waals surface area contributed by atoms with Gasteiger partial charge in [0.1, 0.15) is 11.4 Å². The zero-order chi connectivity index (χ0) is 18.8. The number of methoxy groups -OCH3 is 1. The Morgan fingerprint density at radius 2 is 1.88 bits per heavy atom. The number of carbonyl (C=O) groups is 2. The summed E-state index contributed by atoms with van der Waals surface area (Å²) in [5.74, 6) is 0.180. The number of benzene rings is 1. The summed E-state index contributed by atoms with van der Waals surface area (Å²) < 4.78 is 15.7. The number of piperidine rings is 1. The highest BCUT2D eigenvalue weighted by atomic mass is 16.6. The molecule has 7 heteroatoms. The van der Waals surface area contributed by atoms with Crippen molar-refractivity contribution in [1.29, 1.82) is 0 Å². The van der Waals surface area contributed by atoms with Crippen LogP contribution in [-0.2, 0) is 25.5 Å². The summed E-state index contributed by atoms with van der Waals surface area (Å²) in [4.78, 5) is 23.7. The molecule has 1 amide bonds. The fourth-order valence-electron chi connectivity index (χ4n) is 2.93. The van der Waals surface area contributed by atoms with Crippen LogP contribution < -0.4 is 15.4 Å². The molecule has 1 saturated heterocycles. The molecule has 26 heavy (non-hydrogen) atoms. The van der Waals surface area contributed by atoms with Crippen LogP contribution in [0.2, 0.25) is 0 Å². The van der Waals surface area contributed by atoms with Gasteiger partial charge in [-0.05, 0) is 57.0 Å². The second kappa shape index (κ2) is 10.1. The third kappa shape index (κ3) is 5.71. The molecule has 1 aliphatic rings. The van der Waals surface area contributed by atoms with Gasteiger partial charge in [0, 0.05) is 13.7 Å². The third-order valence-electron chi connectivity index (χ3n) is 4.50. The lowest BCUT2D eigenvalue weighted by Gasteiger charge is -2.34. The first-order chi connectivity index (χ1) is 12.6. The number of carbonyl (C=O) groups excluding carboxylic acids is 2. The molecule has 0 bridgehead atoms. The van der Waals surface area contributed by atoms with Gasteiger partial charge in [-0.2, -0.15) is 0 Å². The molecular weight excluding hydrogens is 336 g/mol. The van der Waals surface area contributed by atoms with Crippen LogP contribution in [-0.4, -0.2) is 57.4 Å². The normalized spacial score (nSPS) is 15.9. The van der Waals surface area contributed by atoms with Crippen LogP contribution >= 0.6 is 0 Å². The number of esters is 1. The Bertz CT molecular complexity index is 582. The maximum absolute atomic E-state index is 12.5. The maximum Gasteiger partial charge on any atom is 0.344 e. The first-order valence-electron chi connectivity index (χ1n) is 9.01. The van der Waals surface area contributed by atoms with Crippen molar-refractivity contribution in [1.82, 2.24) is 10.6 Å². The molecule has 2 N–H and O–H groups in total. The SMILES string of the molecule is CCOC(=O)COc1ccc(CCNC(=O)C2(OC)CCNCC2)cc1. The largest absolute Gasteiger partial charge is 0.482 e. The van der Waals surface area contributed by atoms with E-state index in [-0.39, 0.29) is 18.5 Å². The van der Waals surface area contributed by atoms with Crippen molar-refractivity contribution in [3.05, 3.63) is 29.8 Å². The van der Waals surface area contributed by atoms with Crippen LogP contribution in [0.4, 0.5) is 0 Å². The van der Waals surface area contributed by atoms with Gasteiger partial charge in [-0.3, -0.25) is 4.79 Å². The molecule has 0 aromatic heterocycles. The van der Waals surface area contributed by atoms with Crippen LogP contribution in [0.25, 0.3) is 0 Å². The number of hydrogen-bond acceptors (Lipinski definition) is 6. The summed E-state index contributed by atoms with van der Waals surface area (Å²) in [6.07, 6.45) is 2.08. The number of hydrogen-bond donors (Lipinski definition) is 2. The number of nitrogens with one attached hydrogen (secondary N) is 2. The fraction of sp³-hybridized carbons (Fsp3) is 0.579. The van der Waals surface area contributed by atoms with Crippen LogP contribution in [0.3, 0.4) is 0 Å². The molecule has 1 heterocycles. The second-order valence-corrected chi connectivity index (χ2v) is 6.19. The van der Waals surface area contributed by atoms with Crippen molar-refractivity contribution in [2.45, 2.75) is 31.8 Å². The highest BCUT2D eigenvalue weighted by molar-refractivity contribution is 5.85. The highest BCUT2D eigenvalue weighted by Gasteiger charge is 2.39. The van der Waals surface area contributed by atoms with Crippen LogP contribution in [0.5, 0.6) is 5.75 Å². The number of ether oxygens (including phenoxy) is 3. The predicted octanol–water partition coefficient (Wildman–Crippen LogP) is 1.06. The standard InChI is InChI=1S/C19H28N2O5/c1-3-25-17(22)14-26-16-6-4-15(5-7-16)8-11-21-18(23)19(24-2)9-12-20-13-10-19/h4-7,20H,3,8-14H2,1-2H3,(H,21,23). The van der Waals surface area contributed by atoms with E-state index in [4.69, 9.17) is 14.2 Å². The Kier molecular flexibility index (Phi) is 7.87. The predicted molar refractivity (Wildman–Crippen MR) is 97.1 cm³/mol. The van der Waals surface area contributed by atoms with E-state index in [1.165, 1.54) is 0 Å². The Morgan fingerprint density at radius 3 is 2.50 bits per heavy atom.